The molecule has 36 heavy (non-hydrogen) atoms. The zero-order chi connectivity index (χ0) is 26.3. The number of fused-ring (bicyclic) bond motifs is 4. The molecule has 2 saturated carbocycles. The van der Waals surface area contributed by atoms with E-state index in [0.29, 0.717) is 17.8 Å². The largest absolute Gasteiger partial charge is 0.462 e. The fraction of sp³-hybridized carbons (Fsp3) is 0.875. The van der Waals surface area contributed by atoms with Crippen LogP contribution in [0.5, 0.6) is 0 Å². The van der Waals surface area contributed by atoms with Crippen molar-refractivity contribution in [3.63, 3.8) is 0 Å². The lowest BCUT2D eigenvalue weighted by molar-refractivity contribution is -0.167. The molecule has 0 N–H and O–H groups in total. The molecular weight excluding hydrogens is 448 g/mol. The molecule has 0 aromatic rings. The van der Waals surface area contributed by atoms with Gasteiger partial charge >= 0.3 is 11.9 Å². The number of hydrogen-bond donors (Lipinski definition) is 0. The maximum atomic E-state index is 12.4. The molecule has 202 valence electrons. The van der Waals surface area contributed by atoms with E-state index in [4.69, 9.17) is 9.47 Å². The van der Waals surface area contributed by atoms with Gasteiger partial charge in [-0.1, -0.05) is 59.6 Å². The molecule has 4 nitrogen and oxygen atoms in total. The highest BCUT2D eigenvalue weighted by atomic mass is 16.5. The minimum atomic E-state index is -0.141. The molecule has 1 heterocycles. The lowest BCUT2D eigenvalue weighted by Crippen LogP contribution is -2.56. The molecule has 0 amide bonds. The Balaban J connectivity index is 1.44. The topological polar surface area (TPSA) is 52.6 Å². The molecule has 0 bridgehead atoms. The van der Waals surface area contributed by atoms with Gasteiger partial charge in [0.2, 0.25) is 0 Å². The second kappa shape index (κ2) is 8.60. The molecule has 9 unspecified atom stereocenters. The van der Waals surface area contributed by atoms with Crippen LogP contribution in [0.25, 0.3) is 0 Å². The molecule has 1 saturated heterocycles. The van der Waals surface area contributed by atoms with E-state index in [9.17, 15) is 9.59 Å². The van der Waals surface area contributed by atoms with Crippen LogP contribution >= 0.6 is 0 Å². The van der Waals surface area contributed by atoms with Gasteiger partial charge in [0.1, 0.15) is 12.2 Å². The molecule has 5 rings (SSSR count). The summed E-state index contributed by atoms with van der Waals surface area (Å²) in [5.74, 6) is 1.49. The first-order chi connectivity index (χ1) is 16.8. The fourth-order valence-corrected chi connectivity index (χ4v) is 10.4. The van der Waals surface area contributed by atoms with E-state index < -0.39 is 0 Å². The smallest absolute Gasteiger partial charge is 0.308 e. The van der Waals surface area contributed by atoms with Crippen LogP contribution in [0.2, 0.25) is 0 Å². The molecule has 0 aromatic carbocycles. The lowest BCUT2D eigenvalue weighted by atomic mass is 9.43. The monoisotopic (exact) mass is 498 g/mol. The van der Waals surface area contributed by atoms with Gasteiger partial charge in [-0.2, -0.15) is 0 Å². The quantitative estimate of drug-likeness (QED) is 0.296. The molecule has 4 aliphatic carbocycles. The van der Waals surface area contributed by atoms with Gasteiger partial charge in [-0.05, 0) is 98.2 Å². The average Bonchev–Trinajstić information content (AvgIpc) is 3.08. The first kappa shape index (κ1) is 26.3. The van der Waals surface area contributed by atoms with Gasteiger partial charge in [-0.3, -0.25) is 9.59 Å². The highest BCUT2D eigenvalue weighted by molar-refractivity contribution is 5.72. The minimum absolute atomic E-state index is 0.00637. The minimum Gasteiger partial charge on any atom is -0.462 e. The zero-order valence-electron chi connectivity index (χ0n) is 24.2. The van der Waals surface area contributed by atoms with Gasteiger partial charge in [0.05, 0.1) is 5.92 Å². The molecule has 5 aliphatic rings. The van der Waals surface area contributed by atoms with E-state index in [1.54, 1.807) is 18.1 Å². The molecular formula is C32H50O4. The Morgan fingerprint density at radius 1 is 0.944 bits per heavy atom. The van der Waals surface area contributed by atoms with E-state index in [1.807, 2.05) is 6.92 Å². The summed E-state index contributed by atoms with van der Waals surface area (Å²) >= 11 is 0. The standard InChI is InChI=1S/C32H50O4/c1-19-9-11-25(36-28(19)34)20(2)22-13-17-32(8)24-10-12-26-29(4,5)27(35-21(3)33)15-16-30(26,6)23(24)14-18-31(22,32)7/h19-20,22,25-27H,9-18H2,1-8H3. The molecule has 4 heteroatoms. The van der Waals surface area contributed by atoms with Crippen molar-refractivity contribution in [3.8, 4) is 0 Å². The molecule has 0 spiro atoms. The maximum absolute atomic E-state index is 12.4. The maximum Gasteiger partial charge on any atom is 0.308 e. The Kier molecular flexibility index (Phi) is 6.28. The molecule has 0 radical (unpaired) electrons. The van der Waals surface area contributed by atoms with Crippen molar-refractivity contribution in [3.05, 3.63) is 11.1 Å². The number of allylic oxidation sites excluding steroid dienone is 2. The van der Waals surface area contributed by atoms with Gasteiger partial charge in [-0.25, -0.2) is 0 Å². The number of hydrogen-bond acceptors (Lipinski definition) is 4. The van der Waals surface area contributed by atoms with E-state index in [0.717, 1.165) is 25.7 Å². The van der Waals surface area contributed by atoms with Crippen LogP contribution in [0.15, 0.2) is 11.1 Å². The van der Waals surface area contributed by atoms with Gasteiger partial charge in [0.15, 0.2) is 0 Å². The van der Waals surface area contributed by atoms with Crippen LogP contribution in [0.1, 0.15) is 120 Å². The van der Waals surface area contributed by atoms with E-state index in [2.05, 4.69) is 41.5 Å². The van der Waals surface area contributed by atoms with Crippen LogP contribution in [-0.4, -0.2) is 24.1 Å². The number of carbonyl (C=O) groups is 2. The van der Waals surface area contributed by atoms with Crippen molar-refractivity contribution >= 4 is 11.9 Å². The summed E-state index contributed by atoms with van der Waals surface area (Å²) in [5.41, 5.74) is 4.23. The summed E-state index contributed by atoms with van der Waals surface area (Å²) in [4.78, 5) is 24.2. The van der Waals surface area contributed by atoms with Crippen molar-refractivity contribution in [2.45, 2.75) is 132 Å². The number of cyclic esters (lactones) is 1. The van der Waals surface area contributed by atoms with Crippen molar-refractivity contribution in [2.24, 2.45) is 45.3 Å². The Morgan fingerprint density at radius 2 is 1.67 bits per heavy atom. The van der Waals surface area contributed by atoms with Crippen LogP contribution in [0.3, 0.4) is 0 Å². The Hall–Kier alpha value is -1.32. The Bertz CT molecular complexity index is 963. The van der Waals surface area contributed by atoms with E-state index in [1.165, 1.54) is 38.5 Å². The van der Waals surface area contributed by atoms with Gasteiger partial charge in [-0.15, -0.1) is 0 Å². The Morgan fingerprint density at radius 3 is 2.33 bits per heavy atom. The number of rotatable bonds is 3. The first-order valence-electron chi connectivity index (χ1n) is 14.9. The molecule has 0 aromatic heterocycles. The second-order valence-electron chi connectivity index (χ2n) is 14.6. The summed E-state index contributed by atoms with van der Waals surface area (Å²) in [6.07, 6.45) is 11.5. The van der Waals surface area contributed by atoms with Crippen LogP contribution < -0.4 is 0 Å². The van der Waals surface area contributed by atoms with Crippen LogP contribution in [0, 0.1) is 45.3 Å². The lowest BCUT2D eigenvalue weighted by Gasteiger charge is -2.62. The highest BCUT2D eigenvalue weighted by Crippen LogP contribution is 2.72. The SMILES string of the molecule is CC(=O)OC1CCC2(C)C3=C(CCC2C1(C)C)C1(C)CCC(C(C)C2CCC(C)C(=O)O2)C1(C)CC3. The summed E-state index contributed by atoms with van der Waals surface area (Å²) in [5, 5.41) is 0. The predicted octanol–water partition coefficient (Wildman–Crippen LogP) is 7.65. The summed E-state index contributed by atoms with van der Waals surface area (Å²) in [6, 6.07) is 0. The van der Waals surface area contributed by atoms with E-state index >= 15 is 0 Å². The first-order valence-corrected chi connectivity index (χ1v) is 14.9. The second-order valence-corrected chi connectivity index (χ2v) is 14.6. The van der Waals surface area contributed by atoms with Gasteiger partial charge in [0.25, 0.3) is 0 Å². The van der Waals surface area contributed by atoms with Crippen LogP contribution in [-0.2, 0) is 19.1 Å². The molecule has 9 atom stereocenters. The van der Waals surface area contributed by atoms with Crippen molar-refractivity contribution in [1.29, 1.82) is 0 Å². The third kappa shape index (κ3) is 3.58. The van der Waals surface area contributed by atoms with Gasteiger partial charge < -0.3 is 9.47 Å². The predicted molar refractivity (Wildman–Crippen MR) is 142 cm³/mol. The Labute approximate surface area is 219 Å². The number of esters is 2. The van der Waals surface area contributed by atoms with Crippen LogP contribution in [0.4, 0.5) is 0 Å². The van der Waals surface area contributed by atoms with Crippen molar-refractivity contribution < 1.29 is 19.1 Å². The van der Waals surface area contributed by atoms with E-state index in [-0.39, 0.29) is 51.7 Å². The van der Waals surface area contributed by atoms with Gasteiger partial charge in [0, 0.05) is 12.3 Å². The summed E-state index contributed by atoms with van der Waals surface area (Å²) in [7, 11) is 0. The summed E-state index contributed by atoms with van der Waals surface area (Å²) < 4.78 is 11.9. The molecule has 1 aliphatic heterocycles. The van der Waals surface area contributed by atoms with Crippen molar-refractivity contribution in [2.75, 3.05) is 0 Å². The fourth-order valence-electron chi connectivity index (χ4n) is 10.4. The zero-order valence-corrected chi connectivity index (χ0v) is 24.2. The average molecular weight is 499 g/mol. The summed E-state index contributed by atoms with van der Waals surface area (Å²) in [6.45, 7) is 18.3. The number of ether oxygens (including phenoxy) is 2. The third-order valence-electron chi connectivity index (χ3n) is 12.8. The third-order valence-corrected chi connectivity index (χ3v) is 12.8. The molecule has 3 fully saturated rings. The highest BCUT2D eigenvalue weighted by Gasteiger charge is 2.64. The number of carbonyl (C=O) groups excluding carboxylic acids is 2. The normalized spacial score (nSPS) is 46.8. The van der Waals surface area contributed by atoms with Crippen molar-refractivity contribution in [1.82, 2.24) is 0 Å².